The van der Waals surface area contributed by atoms with Crippen molar-refractivity contribution in [1.82, 2.24) is 4.57 Å². The van der Waals surface area contributed by atoms with Crippen LogP contribution in [-0.2, 0) is 5.41 Å². The van der Waals surface area contributed by atoms with Gasteiger partial charge in [-0.15, -0.1) is 0 Å². The van der Waals surface area contributed by atoms with Gasteiger partial charge in [-0.3, -0.25) is 0 Å². The third-order valence-corrected chi connectivity index (χ3v) is 12.8. The molecular formula is C62H48N2. The van der Waals surface area contributed by atoms with Crippen molar-refractivity contribution in [2.75, 3.05) is 4.90 Å². The fraction of sp³-hybridized carbons (Fsp3) is 0.0645. The summed E-state index contributed by atoms with van der Waals surface area (Å²) in [4.78, 5) is 2.53. The van der Waals surface area contributed by atoms with Crippen LogP contribution >= 0.6 is 0 Å². The van der Waals surface area contributed by atoms with Crippen LogP contribution in [0.25, 0.3) is 82.8 Å². The van der Waals surface area contributed by atoms with Gasteiger partial charge in [0, 0.05) is 33.2 Å². The number of benzene rings is 10. The van der Waals surface area contributed by atoms with Crippen molar-refractivity contribution in [1.29, 1.82) is 0 Å². The summed E-state index contributed by atoms with van der Waals surface area (Å²) in [7, 11) is 0. The molecule has 10 aromatic carbocycles. The minimum atomic E-state index is -0.0495. The monoisotopic (exact) mass is 820 g/mol. The summed E-state index contributed by atoms with van der Waals surface area (Å²) in [5.74, 6) is 0. The predicted molar refractivity (Wildman–Crippen MR) is 273 cm³/mol. The van der Waals surface area contributed by atoms with Gasteiger partial charge in [0.2, 0.25) is 0 Å². The van der Waals surface area contributed by atoms with E-state index >= 15 is 0 Å². The summed E-state index contributed by atoms with van der Waals surface area (Å²) in [5.41, 5.74) is 17.5. The van der Waals surface area contributed by atoms with Crippen LogP contribution < -0.4 is 4.90 Å². The van der Waals surface area contributed by atoms with E-state index in [9.17, 15) is 0 Å². The van der Waals surface area contributed by atoms with Crippen molar-refractivity contribution < 1.29 is 0 Å². The van der Waals surface area contributed by atoms with Gasteiger partial charge in [0.05, 0.1) is 28.1 Å². The molecule has 0 fully saturated rings. The number of hydrogen-bond donors (Lipinski definition) is 0. The van der Waals surface area contributed by atoms with E-state index in [-0.39, 0.29) is 5.41 Å². The molecule has 0 atom stereocenters. The zero-order chi connectivity index (χ0) is 43.2. The van der Waals surface area contributed by atoms with Gasteiger partial charge in [-0.1, -0.05) is 209 Å². The molecule has 0 aliphatic rings. The molecule has 0 bridgehead atoms. The Kier molecular flexibility index (Phi) is 9.78. The Morgan fingerprint density at radius 1 is 0.344 bits per heavy atom. The Labute approximate surface area is 376 Å². The van der Waals surface area contributed by atoms with Crippen molar-refractivity contribution in [3.05, 3.63) is 242 Å². The molecule has 0 saturated heterocycles. The molecule has 1 aromatic heterocycles. The van der Waals surface area contributed by atoms with E-state index in [4.69, 9.17) is 0 Å². The molecule has 64 heavy (non-hydrogen) atoms. The summed E-state index contributed by atoms with van der Waals surface area (Å²) in [6.07, 6.45) is 0. The van der Waals surface area contributed by atoms with Gasteiger partial charge in [0.1, 0.15) is 0 Å². The normalized spacial score (nSPS) is 11.7. The quantitative estimate of drug-likeness (QED) is 0.148. The molecule has 0 aliphatic heterocycles. The lowest BCUT2D eigenvalue weighted by Crippen LogP contribution is -2.16. The van der Waals surface area contributed by atoms with Crippen molar-refractivity contribution in [3.63, 3.8) is 0 Å². The summed E-state index contributed by atoms with van der Waals surface area (Å²) < 4.78 is 2.41. The zero-order valence-corrected chi connectivity index (χ0v) is 36.4. The number of aromatic nitrogens is 1. The fourth-order valence-corrected chi connectivity index (χ4v) is 9.66. The smallest absolute Gasteiger partial charge is 0.0547 e. The molecule has 0 N–H and O–H groups in total. The first-order valence-corrected chi connectivity index (χ1v) is 22.3. The second kappa shape index (κ2) is 16.1. The maximum absolute atomic E-state index is 2.53. The van der Waals surface area contributed by atoms with E-state index in [1.165, 1.54) is 66.0 Å². The van der Waals surface area contributed by atoms with Gasteiger partial charge < -0.3 is 9.47 Å². The zero-order valence-electron chi connectivity index (χ0n) is 36.4. The summed E-state index contributed by atoms with van der Waals surface area (Å²) in [6, 6.07) is 86.7. The molecule has 2 heteroatoms. The van der Waals surface area contributed by atoms with Crippen LogP contribution in [0.1, 0.15) is 26.3 Å². The Hall–Kier alpha value is -7.94. The van der Waals surface area contributed by atoms with Gasteiger partial charge in [-0.2, -0.15) is 0 Å². The number of rotatable bonds is 8. The molecular weight excluding hydrogens is 773 g/mol. The molecule has 0 amide bonds. The first kappa shape index (κ1) is 38.9. The van der Waals surface area contributed by atoms with Crippen LogP contribution in [0, 0.1) is 0 Å². The summed E-state index contributed by atoms with van der Waals surface area (Å²) in [5, 5.41) is 4.93. The van der Waals surface area contributed by atoms with E-state index < -0.39 is 0 Å². The van der Waals surface area contributed by atoms with Crippen molar-refractivity contribution in [2.24, 2.45) is 0 Å². The summed E-state index contributed by atoms with van der Waals surface area (Å²) >= 11 is 0. The topological polar surface area (TPSA) is 8.17 Å². The summed E-state index contributed by atoms with van der Waals surface area (Å²) in [6.45, 7) is 6.90. The second-order valence-corrected chi connectivity index (χ2v) is 17.7. The van der Waals surface area contributed by atoms with E-state index in [1.54, 1.807) is 0 Å². The van der Waals surface area contributed by atoms with Crippen molar-refractivity contribution in [2.45, 2.75) is 26.2 Å². The Morgan fingerprint density at radius 3 is 1.58 bits per heavy atom. The lowest BCUT2D eigenvalue weighted by Gasteiger charge is -2.33. The highest BCUT2D eigenvalue weighted by atomic mass is 15.2. The molecule has 0 radical (unpaired) electrons. The molecule has 11 rings (SSSR count). The highest BCUT2D eigenvalue weighted by molar-refractivity contribution is 6.12. The lowest BCUT2D eigenvalue weighted by atomic mass is 9.84. The third kappa shape index (κ3) is 6.85. The van der Waals surface area contributed by atoms with Gasteiger partial charge in [-0.05, 0) is 98.1 Å². The number of hydrogen-bond acceptors (Lipinski definition) is 1. The van der Waals surface area contributed by atoms with Crippen molar-refractivity contribution >= 4 is 49.6 Å². The van der Waals surface area contributed by atoms with Crippen LogP contribution in [0.2, 0.25) is 0 Å². The van der Waals surface area contributed by atoms with Gasteiger partial charge in [0.15, 0.2) is 0 Å². The van der Waals surface area contributed by atoms with Crippen molar-refractivity contribution in [3.8, 4) is 50.2 Å². The highest BCUT2D eigenvalue weighted by Gasteiger charge is 2.26. The molecule has 0 aliphatic carbocycles. The van der Waals surface area contributed by atoms with Crippen LogP contribution in [0.15, 0.2) is 237 Å². The van der Waals surface area contributed by atoms with Crippen LogP contribution in [0.5, 0.6) is 0 Å². The van der Waals surface area contributed by atoms with Gasteiger partial charge in [0.25, 0.3) is 0 Å². The van der Waals surface area contributed by atoms with Gasteiger partial charge in [-0.25, -0.2) is 0 Å². The first-order valence-electron chi connectivity index (χ1n) is 22.3. The number of nitrogens with zero attached hydrogens (tertiary/aromatic N) is 2. The number of fused-ring (bicyclic) bond motifs is 4. The van der Waals surface area contributed by atoms with Crippen LogP contribution in [-0.4, -0.2) is 4.57 Å². The molecule has 2 nitrogen and oxygen atoms in total. The molecule has 0 unspecified atom stereocenters. The molecule has 306 valence electrons. The fourth-order valence-electron chi connectivity index (χ4n) is 9.66. The van der Waals surface area contributed by atoms with E-state index in [0.29, 0.717) is 0 Å². The SMILES string of the molecule is CC(C)(C)c1ccc(N(c2ccccc2-c2ccc3c4ccccc4n(-c4ccccc4)c3c2)c2ccccc2-c2cccc3cccc(-c4ccccc4)c23)c(-c2ccccc2)c1. The average molecular weight is 821 g/mol. The first-order chi connectivity index (χ1) is 31.4. The standard InChI is InChI=1S/C62H48N2/c1-62(2,3)47-38-40-59(55(42-47)44-23-9-5-10-24-44)64(58-36-18-15-31-52(58)54-33-20-26-45-25-19-32-50(61(45)54)43-21-7-4-8-22-43)56-34-16-13-29-49(56)46-37-39-53-51-30-14-17-35-57(51)63(60(53)41-46)48-27-11-6-12-28-48/h4-42H,1-3H3. The molecule has 0 saturated carbocycles. The lowest BCUT2D eigenvalue weighted by molar-refractivity contribution is 0.590. The number of anilines is 3. The minimum Gasteiger partial charge on any atom is -0.309 e. The van der Waals surface area contributed by atoms with E-state index in [2.05, 4.69) is 267 Å². The van der Waals surface area contributed by atoms with Gasteiger partial charge >= 0.3 is 0 Å². The Morgan fingerprint density at radius 2 is 0.875 bits per heavy atom. The average Bonchev–Trinajstić information content (AvgIpc) is 3.68. The minimum absolute atomic E-state index is 0.0495. The molecule has 0 spiro atoms. The molecule has 1 heterocycles. The van der Waals surface area contributed by atoms with Crippen LogP contribution in [0.4, 0.5) is 17.1 Å². The Balaban J connectivity index is 1.21. The highest BCUT2D eigenvalue weighted by Crippen LogP contribution is 2.50. The van der Waals surface area contributed by atoms with E-state index in [0.717, 1.165) is 39.4 Å². The maximum Gasteiger partial charge on any atom is 0.0547 e. The van der Waals surface area contributed by atoms with Crippen LogP contribution in [0.3, 0.4) is 0 Å². The van der Waals surface area contributed by atoms with E-state index in [1.807, 2.05) is 0 Å². The molecule has 11 aromatic rings. The largest absolute Gasteiger partial charge is 0.309 e. The second-order valence-electron chi connectivity index (χ2n) is 17.7. The third-order valence-electron chi connectivity index (χ3n) is 12.8. The maximum atomic E-state index is 2.53. The predicted octanol–water partition coefficient (Wildman–Crippen LogP) is 17.4. The Bertz CT molecular complexity index is 3460. The number of para-hydroxylation sites is 4.